The van der Waals surface area contributed by atoms with Crippen LogP contribution < -0.4 is 11.5 Å². The molecule has 0 saturated carbocycles. The van der Waals surface area contributed by atoms with Crippen LogP contribution in [0.4, 0.5) is 11.4 Å². The molecule has 112 valence electrons. The van der Waals surface area contributed by atoms with Gasteiger partial charge in [0.2, 0.25) is 0 Å². The highest BCUT2D eigenvalue weighted by atomic mass is 16.6. The number of benzene rings is 1. The average Bonchev–Trinajstić information content (AvgIpc) is 2.63. The van der Waals surface area contributed by atoms with Crippen molar-refractivity contribution in [1.29, 1.82) is 0 Å². The lowest BCUT2D eigenvalue weighted by Crippen LogP contribution is -2.25. The minimum Gasteiger partial charge on any atom is -0.511 e. The van der Waals surface area contributed by atoms with E-state index in [1.807, 2.05) is 18.5 Å². The maximum Gasteiger partial charge on any atom is 0.301 e. The van der Waals surface area contributed by atoms with Crippen molar-refractivity contribution < 1.29 is 10.0 Å². The van der Waals surface area contributed by atoms with Crippen LogP contribution in [0.15, 0.2) is 24.5 Å². The van der Waals surface area contributed by atoms with Gasteiger partial charge in [0.25, 0.3) is 0 Å². The number of nitro benzene ring substituents is 1. The van der Waals surface area contributed by atoms with Gasteiger partial charge < -0.3 is 21.1 Å². The van der Waals surface area contributed by atoms with E-state index in [0.29, 0.717) is 16.5 Å². The fraction of sp³-hybridized carbons (Fsp3) is 0.286. The van der Waals surface area contributed by atoms with Crippen LogP contribution >= 0.6 is 0 Å². The Morgan fingerprint density at radius 1 is 1.57 bits per heavy atom. The minimum absolute atomic E-state index is 0.107. The summed E-state index contributed by atoms with van der Waals surface area (Å²) in [7, 11) is 1.82. The van der Waals surface area contributed by atoms with Gasteiger partial charge in [0.15, 0.2) is 0 Å². The normalized spacial score (nSPS) is 12.5. The van der Waals surface area contributed by atoms with Crippen LogP contribution in [0.1, 0.15) is 11.3 Å². The summed E-state index contributed by atoms with van der Waals surface area (Å²) in [6.45, 7) is 5.26. The first-order chi connectivity index (χ1) is 9.75. The number of aliphatic hydroxyl groups excluding tert-OH is 1. The molecule has 0 saturated heterocycles. The van der Waals surface area contributed by atoms with E-state index in [9.17, 15) is 15.2 Å². The fourth-order valence-electron chi connectivity index (χ4n) is 2.52. The SMILES string of the molecule is C=C(O)C(N)Cc1c(C)n(C)c2ccc(N)c([N+](=O)[O-])c12. The molecule has 1 heterocycles. The predicted molar refractivity (Wildman–Crippen MR) is 82.2 cm³/mol. The highest BCUT2D eigenvalue weighted by molar-refractivity contribution is 5.98. The van der Waals surface area contributed by atoms with Crippen molar-refractivity contribution in [2.75, 3.05) is 5.73 Å². The average molecular weight is 290 g/mol. The summed E-state index contributed by atoms with van der Waals surface area (Å²) in [5.41, 5.74) is 13.8. The number of nitrogens with zero attached hydrogens (tertiary/aromatic N) is 2. The molecule has 0 aliphatic heterocycles. The number of nitrogens with two attached hydrogens (primary N) is 2. The minimum atomic E-state index is -0.685. The van der Waals surface area contributed by atoms with Crippen molar-refractivity contribution in [3.8, 4) is 0 Å². The van der Waals surface area contributed by atoms with Gasteiger partial charge in [-0.1, -0.05) is 6.58 Å². The molecule has 2 rings (SSSR count). The Labute approximate surface area is 121 Å². The Morgan fingerprint density at radius 3 is 2.71 bits per heavy atom. The molecule has 21 heavy (non-hydrogen) atoms. The topological polar surface area (TPSA) is 120 Å². The van der Waals surface area contributed by atoms with Crippen LogP contribution in [-0.2, 0) is 13.5 Å². The van der Waals surface area contributed by atoms with Crippen LogP contribution in [-0.4, -0.2) is 20.6 Å². The zero-order valence-electron chi connectivity index (χ0n) is 12.0. The third-order valence-corrected chi connectivity index (χ3v) is 3.82. The highest BCUT2D eigenvalue weighted by Crippen LogP contribution is 2.37. The summed E-state index contributed by atoms with van der Waals surface area (Å²) in [6.07, 6.45) is 0.253. The number of hydrogen-bond donors (Lipinski definition) is 3. The zero-order chi connectivity index (χ0) is 15.9. The zero-order valence-corrected chi connectivity index (χ0v) is 12.0. The Kier molecular flexibility index (Phi) is 3.61. The van der Waals surface area contributed by atoms with Gasteiger partial charge in [0.05, 0.1) is 21.9 Å². The first kappa shape index (κ1) is 14.9. The molecule has 7 nitrogen and oxygen atoms in total. The molecule has 5 N–H and O–H groups in total. The molecule has 0 aliphatic rings. The lowest BCUT2D eigenvalue weighted by atomic mass is 10.0. The van der Waals surface area contributed by atoms with Gasteiger partial charge >= 0.3 is 5.69 Å². The van der Waals surface area contributed by atoms with Crippen molar-refractivity contribution in [2.45, 2.75) is 19.4 Å². The van der Waals surface area contributed by atoms with E-state index >= 15 is 0 Å². The van der Waals surface area contributed by atoms with Gasteiger partial charge in [-0.15, -0.1) is 0 Å². The van der Waals surface area contributed by atoms with E-state index in [0.717, 1.165) is 5.69 Å². The Hall–Kier alpha value is -2.54. The quantitative estimate of drug-likeness (QED) is 0.344. The largest absolute Gasteiger partial charge is 0.511 e. The maximum atomic E-state index is 11.3. The third kappa shape index (κ3) is 2.31. The lowest BCUT2D eigenvalue weighted by Gasteiger charge is -2.10. The van der Waals surface area contributed by atoms with E-state index in [2.05, 4.69) is 6.58 Å². The molecule has 0 spiro atoms. The Bertz CT molecular complexity index is 748. The third-order valence-electron chi connectivity index (χ3n) is 3.82. The fourth-order valence-corrected chi connectivity index (χ4v) is 2.52. The van der Waals surface area contributed by atoms with Crippen LogP contribution in [0.25, 0.3) is 10.9 Å². The van der Waals surface area contributed by atoms with Crippen LogP contribution in [0.2, 0.25) is 0 Å². The van der Waals surface area contributed by atoms with Gasteiger partial charge in [-0.05, 0) is 31.0 Å². The summed E-state index contributed by atoms with van der Waals surface area (Å²) < 4.78 is 1.85. The van der Waals surface area contributed by atoms with Crippen molar-refractivity contribution in [1.82, 2.24) is 4.57 Å². The van der Waals surface area contributed by atoms with Gasteiger partial charge in [-0.2, -0.15) is 0 Å². The van der Waals surface area contributed by atoms with Crippen LogP contribution in [0, 0.1) is 17.0 Å². The monoisotopic (exact) mass is 290 g/mol. The van der Waals surface area contributed by atoms with Crippen molar-refractivity contribution in [3.63, 3.8) is 0 Å². The second-order valence-corrected chi connectivity index (χ2v) is 5.08. The summed E-state index contributed by atoms with van der Waals surface area (Å²) >= 11 is 0. The molecule has 0 fully saturated rings. The summed E-state index contributed by atoms with van der Waals surface area (Å²) in [5, 5.41) is 21.2. The van der Waals surface area contributed by atoms with Crippen molar-refractivity contribution in [3.05, 3.63) is 45.8 Å². The maximum absolute atomic E-state index is 11.3. The molecule has 7 heteroatoms. The van der Waals surface area contributed by atoms with E-state index < -0.39 is 11.0 Å². The summed E-state index contributed by atoms with van der Waals surface area (Å²) in [6, 6.07) is 2.58. The predicted octanol–water partition coefficient (Wildman–Crippen LogP) is 1.92. The molecule has 0 bridgehead atoms. The number of nitrogen functional groups attached to an aromatic ring is 1. The second kappa shape index (κ2) is 5.10. The molecule has 1 aromatic heterocycles. The number of aryl methyl sites for hydroxylation is 1. The number of fused-ring (bicyclic) bond motifs is 1. The smallest absolute Gasteiger partial charge is 0.301 e. The molecular weight excluding hydrogens is 272 g/mol. The van der Waals surface area contributed by atoms with E-state index in [-0.39, 0.29) is 23.6 Å². The standard InChI is InChI=1S/C14H18N4O3/c1-7-9(6-11(16)8(2)19)13-12(17(7)3)5-4-10(15)14(13)18(20)21/h4-5,11,19H,2,6,15-16H2,1,3H3. The van der Waals surface area contributed by atoms with Crippen molar-refractivity contribution >= 4 is 22.3 Å². The van der Waals surface area contributed by atoms with E-state index in [1.165, 1.54) is 6.07 Å². The molecular formula is C14H18N4O3. The molecule has 2 aromatic rings. The molecule has 0 radical (unpaired) electrons. The Morgan fingerprint density at radius 2 is 2.19 bits per heavy atom. The first-order valence-corrected chi connectivity index (χ1v) is 6.39. The van der Waals surface area contributed by atoms with Gasteiger partial charge in [0, 0.05) is 12.7 Å². The van der Waals surface area contributed by atoms with Crippen LogP contribution in [0.5, 0.6) is 0 Å². The number of aliphatic hydroxyl groups is 1. The number of aromatic nitrogens is 1. The molecule has 1 atom stereocenters. The number of nitro groups is 1. The van der Waals surface area contributed by atoms with Crippen LogP contribution in [0.3, 0.4) is 0 Å². The molecule has 0 aliphatic carbocycles. The van der Waals surface area contributed by atoms with Crippen molar-refractivity contribution in [2.24, 2.45) is 12.8 Å². The van der Waals surface area contributed by atoms with Gasteiger partial charge in [-0.25, -0.2) is 0 Å². The van der Waals surface area contributed by atoms with Gasteiger partial charge in [-0.3, -0.25) is 10.1 Å². The summed E-state index contributed by atoms with van der Waals surface area (Å²) in [5.74, 6) is -0.155. The molecule has 0 amide bonds. The molecule has 1 aromatic carbocycles. The van der Waals surface area contributed by atoms with E-state index in [1.54, 1.807) is 6.07 Å². The van der Waals surface area contributed by atoms with Gasteiger partial charge in [0.1, 0.15) is 11.4 Å². The number of rotatable bonds is 4. The Balaban J connectivity index is 2.80. The highest BCUT2D eigenvalue weighted by Gasteiger charge is 2.25. The summed E-state index contributed by atoms with van der Waals surface area (Å²) in [4.78, 5) is 10.9. The molecule has 1 unspecified atom stereocenters. The number of anilines is 1. The number of hydrogen-bond acceptors (Lipinski definition) is 5. The second-order valence-electron chi connectivity index (χ2n) is 5.08. The lowest BCUT2D eigenvalue weighted by molar-refractivity contribution is -0.382. The van der Waals surface area contributed by atoms with E-state index in [4.69, 9.17) is 11.5 Å². The first-order valence-electron chi connectivity index (χ1n) is 6.39.